The number of aryl methyl sites for hydroxylation is 1. The highest BCUT2D eigenvalue weighted by atomic mass is 35.5. The van der Waals surface area contributed by atoms with E-state index < -0.39 is 0 Å². The normalized spacial score (nSPS) is 11.5. The van der Waals surface area contributed by atoms with E-state index in [4.69, 9.17) is 23.2 Å². The summed E-state index contributed by atoms with van der Waals surface area (Å²) in [5.74, 6) is -0.381. The predicted molar refractivity (Wildman–Crippen MR) is 79.5 cm³/mol. The number of hydrazone groups is 1. The number of rotatable bonds is 3. The van der Waals surface area contributed by atoms with E-state index >= 15 is 0 Å². The third-order valence-electron chi connectivity index (χ3n) is 2.60. The first-order valence-electron chi connectivity index (χ1n) is 5.79. The number of carbonyl (C=O) groups excluding carboxylic acids is 1. The van der Waals surface area contributed by atoms with Crippen molar-refractivity contribution in [2.24, 2.45) is 5.10 Å². The fourth-order valence-electron chi connectivity index (χ4n) is 1.51. The van der Waals surface area contributed by atoms with E-state index in [9.17, 15) is 4.79 Å². The Kier molecular flexibility index (Phi) is 4.42. The van der Waals surface area contributed by atoms with Gasteiger partial charge in [-0.05, 0) is 37.6 Å². The molecule has 2 aromatic rings. The van der Waals surface area contributed by atoms with Crippen molar-refractivity contribution in [2.45, 2.75) is 13.8 Å². The van der Waals surface area contributed by atoms with Crippen LogP contribution in [0.25, 0.3) is 0 Å². The number of nitrogens with zero attached hydrogens (tertiary/aromatic N) is 2. The molecule has 0 bridgehead atoms. The van der Waals surface area contributed by atoms with E-state index in [0.717, 1.165) is 11.3 Å². The summed E-state index contributed by atoms with van der Waals surface area (Å²) in [6.07, 6.45) is 0. The summed E-state index contributed by atoms with van der Waals surface area (Å²) in [6.45, 7) is 3.57. The molecule has 1 aromatic carbocycles. The van der Waals surface area contributed by atoms with Crippen molar-refractivity contribution in [3.05, 3.63) is 51.3 Å². The predicted octanol–water partition coefficient (Wildman–Crippen LogP) is 3.18. The Morgan fingerprint density at radius 3 is 2.65 bits per heavy atom. The minimum absolute atomic E-state index is 0.285. The third kappa shape index (κ3) is 3.37. The zero-order valence-electron chi connectivity index (χ0n) is 10.9. The van der Waals surface area contributed by atoms with Crippen LogP contribution >= 0.6 is 23.2 Å². The summed E-state index contributed by atoms with van der Waals surface area (Å²) < 4.78 is 0. The average molecular weight is 311 g/mol. The second-order valence-corrected chi connectivity index (χ2v) is 5.02. The number of hydrogen-bond acceptors (Lipinski definition) is 3. The summed E-state index contributed by atoms with van der Waals surface area (Å²) in [7, 11) is 0. The Balaban J connectivity index is 2.10. The molecule has 0 aliphatic carbocycles. The largest absolute Gasteiger partial charge is 0.291 e. The smallest absolute Gasteiger partial charge is 0.282 e. The molecule has 0 aliphatic rings. The Bertz CT molecular complexity index is 679. The summed E-state index contributed by atoms with van der Waals surface area (Å²) in [4.78, 5) is 11.8. The van der Waals surface area contributed by atoms with Crippen LogP contribution in [-0.4, -0.2) is 21.8 Å². The fourth-order valence-corrected chi connectivity index (χ4v) is 1.81. The Morgan fingerprint density at radius 2 is 2.05 bits per heavy atom. The van der Waals surface area contributed by atoms with Crippen LogP contribution < -0.4 is 5.43 Å². The lowest BCUT2D eigenvalue weighted by Gasteiger charge is -2.03. The Hall–Kier alpha value is -1.85. The lowest BCUT2D eigenvalue weighted by atomic mass is 10.1. The van der Waals surface area contributed by atoms with Gasteiger partial charge in [-0.1, -0.05) is 29.3 Å². The zero-order chi connectivity index (χ0) is 14.7. The van der Waals surface area contributed by atoms with Gasteiger partial charge < -0.3 is 0 Å². The molecular weight excluding hydrogens is 299 g/mol. The molecule has 0 atom stereocenters. The molecule has 0 spiro atoms. The molecule has 7 heteroatoms. The number of carbonyl (C=O) groups is 1. The number of nitrogens with one attached hydrogen (secondary N) is 2. The minimum atomic E-state index is -0.381. The van der Waals surface area contributed by atoms with Gasteiger partial charge in [0.2, 0.25) is 0 Å². The maximum Gasteiger partial charge on any atom is 0.291 e. The quantitative estimate of drug-likeness (QED) is 0.675. The maximum absolute atomic E-state index is 11.8. The van der Waals surface area contributed by atoms with Gasteiger partial charge in [0.15, 0.2) is 5.69 Å². The van der Waals surface area contributed by atoms with Crippen LogP contribution in [0.5, 0.6) is 0 Å². The van der Waals surface area contributed by atoms with Gasteiger partial charge in [0.05, 0.1) is 15.8 Å². The van der Waals surface area contributed by atoms with E-state index in [-0.39, 0.29) is 11.6 Å². The van der Waals surface area contributed by atoms with Crippen molar-refractivity contribution < 1.29 is 4.79 Å². The van der Waals surface area contributed by atoms with E-state index in [2.05, 4.69) is 20.7 Å². The number of H-pyrrole nitrogens is 1. The number of aromatic amines is 1. The van der Waals surface area contributed by atoms with Crippen molar-refractivity contribution in [3.63, 3.8) is 0 Å². The molecule has 2 rings (SSSR count). The highest BCUT2D eigenvalue weighted by Gasteiger charge is 2.08. The molecule has 0 fully saturated rings. The summed E-state index contributed by atoms with van der Waals surface area (Å²) in [5.41, 5.74) is 4.92. The fraction of sp³-hybridized carbons (Fsp3) is 0.154. The Labute approximate surface area is 126 Å². The molecular formula is C13H12Cl2N4O. The first-order valence-corrected chi connectivity index (χ1v) is 6.55. The summed E-state index contributed by atoms with van der Waals surface area (Å²) in [5, 5.41) is 11.5. The van der Waals surface area contributed by atoms with Crippen molar-refractivity contribution in [2.75, 3.05) is 0 Å². The Morgan fingerprint density at radius 1 is 1.30 bits per heavy atom. The van der Waals surface area contributed by atoms with Crippen molar-refractivity contribution in [3.8, 4) is 0 Å². The van der Waals surface area contributed by atoms with Gasteiger partial charge in [-0.2, -0.15) is 10.2 Å². The molecule has 0 radical (unpaired) electrons. The molecule has 0 saturated heterocycles. The molecule has 0 unspecified atom stereocenters. The van der Waals surface area contributed by atoms with Crippen LogP contribution in [0.4, 0.5) is 0 Å². The molecule has 104 valence electrons. The van der Waals surface area contributed by atoms with Crippen LogP contribution in [0.2, 0.25) is 10.0 Å². The number of aromatic nitrogens is 2. The molecule has 1 amide bonds. The van der Waals surface area contributed by atoms with Crippen molar-refractivity contribution in [1.29, 1.82) is 0 Å². The lowest BCUT2D eigenvalue weighted by molar-refractivity contribution is 0.0950. The SMILES string of the molecule is C/C(=N/NC(=O)c1cc(C)[nH]n1)c1ccc(Cl)c(Cl)c1. The first-order chi connectivity index (χ1) is 9.47. The van der Waals surface area contributed by atoms with E-state index in [1.54, 1.807) is 31.2 Å². The summed E-state index contributed by atoms with van der Waals surface area (Å²) >= 11 is 11.8. The second kappa shape index (κ2) is 6.07. The molecule has 2 N–H and O–H groups in total. The standard InChI is InChI=1S/C13H12Cl2N4O/c1-7-5-12(18-16-7)13(20)19-17-8(2)9-3-4-10(14)11(15)6-9/h3-6H,1-2H3,(H,16,18)(H,19,20)/b17-8-. The van der Waals surface area contributed by atoms with Gasteiger partial charge in [-0.3, -0.25) is 9.89 Å². The van der Waals surface area contributed by atoms with Crippen LogP contribution in [0, 0.1) is 6.92 Å². The van der Waals surface area contributed by atoms with Crippen LogP contribution in [0.3, 0.4) is 0 Å². The highest BCUT2D eigenvalue weighted by Crippen LogP contribution is 2.22. The molecule has 1 heterocycles. The topological polar surface area (TPSA) is 70.1 Å². The van der Waals surface area contributed by atoms with Gasteiger partial charge in [0, 0.05) is 5.69 Å². The molecule has 0 aliphatic heterocycles. The number of amides is 1. The van der Waals surface area contributed by atoms with E-state index in [1.807, 2.05) is 6.92 Å². The van der Waals surface area contributed by atoms with Crippen LogP contribution in [0.15, 0.2) is 29.4 Å². The molecule has 0 saturated carbocycles. The summed E-state index contributed by atoms with van der Waals surface area (Å²) in [6, 6.07) is 6.78. The van der Waals surface area contributed by atoms with Gasteiger partial charge in [-0.15, -0.1) is 0 Å². The molecule has 1 aromatic heterocycles. The minimum Gasteiger partial charge on any atom is -0.282 e. The van der Waals surface area contributed by atoms with Gasteiger partial charge in [-0.25, -0.2) is 5.43 Å². The zero-order valence-corrected chi connectivity index (χ0v) is 12.4. The number of halogens is 2. The second-order valence-electron chi connectivity index (χ2n) is 4.20. The first kappa shape index (κ1) is 14.6. The number of benzene rings is 1. The van der Waals surface area contributed by atoms with Gasteiger partial charge >= 0.3 is 0 Å². The third-order valence-corrected chi connectivity index (χ3v) is 3.34. The average Bonchev–Trinajstić information content (AvgIpc) is 2.85. The van der Waals surface area contributed by atoms with Crippen LogP contribution in [0.1, 0.15) is 28.7 Å². The van der Waals surface area contributed by atoms with E-state index in [1.165, 1.54) is 0 Å². The maximum atomic E-state index is 11.8. The van der Waals surface area contributed by atoms with Crippen molar-refractivity contribution >= 4 is 34.8 Å². The number of hydrogen-bond donors (Lipinski definition) is 2. The van der Waals surface area contributed by atoms with Crippen LogP contribution in [-0.2, 0) is 0 Å². The van der Waals surface area contributed by atoms with Gasteiger partial charge in [0.1, 0.15) is 0 Å². The van der Waals surface area contributed by atoms with Gasteiger partial charge in [0.25, 0.3) is 5.91 Å². The molecule has 20 heavy (non-hydrogen) atoms. The lowest BCUT2D eigenvalue weighted by Crippen LogP contribution is -2.19. The highest BCUT2D eigenvalue weighted by molar-refractivity contribution is 6.42. The van der Waals surface area contributed by atoms with Crippen molar-refractivity contribution in [1.82, 2.24) is 15.6 Å². The molecule has 5 nitrogen and oxygen atoms in total. The van der Waals surface area contributed by atoms with E-state index in [0.29, 0.717) is 15.8 Å². The monoisotopic (exact) mass is 310 g/mol.